The van der Waals surface area contributed by atoms with Gasteiger partial charge in [0, 0.05) is 50.2 Å². The highest BCUT2D eigenvalue weighted by molar-refractivity contribution is 8.00. The van der Waals surface area contributed by atoms with Gasteiger partial charge in [-0.2, -0.15) is 11.8 Å². The van der Waals surface area contributed by atoms with Crippen molar-refractivity contribution >= 4 is 29.4 Å². The Hall–Kier alpha value is -1.08. The molecule has 0 aliphatic carbocycles. The summed E-state index contributed by atoms with van der Waals surface area (Å²) >= 11 is 1.97. The van der Waals surface area contributed by atoms with Gasteiger partial charge in [-0.05, 0) is 25.6 Å². The van der Waals surface area contributed by atoms with Crippen molar-refractivity contribution < 1.29 is 14.4 Å². The summed E-state index contributed by atoms with van der Waals surface area (Å²) in [4.78, 5) is 41.6. The van der Waals surface area contributed by atoms with Crippen molar-refractivity contribution in [3.8, 4) is 0 Å². The molecule has 1 unspecified atom stereocenters. The highest BCUT2D eigenvalue weighted by Gasteiger charge is 2.34. The van der Waals surface area contributed by atoms with Crippen LogP contribution in [0.25, 0.3) is 0 Å². The first kappa shape index (κ1) is 29.9. The number of hydrogen-bond acceptors (Lipinski definition) is 5. The van der Waals surface area contributed by atoms with Crippen molar-refractivity contribution in [1.29, 1.82) is 0 Å². The highest BCUT2D eigenvalue weighted by Crippen LogP contribution is 2.24. The SMILES string of the molecule is CNCCN(C)C(=O)C(CC(=O)C(C)(C)C)N(C)C(=O)CCCCCCSC(C)(C)C. The standard InChI is InChI=1S/C24H47N3O3S/c1-23(2,3)20(28)18-19(22(30)26(8)16-15-25-7)27(9)21(29)14-12-10-11-13-17-31-24(4,5)6/h19,25H,10-18H2,1-9H3. The predicted octanol–water partition coefficient (Wildman–Crippen LogP) is 3.98. The Morgan fingerprint density at radius 3 is 2.03 bits per heavy atom. The van der Waals surface area contributed by atoms with E-state index >= 15 is 0 Å². The lowest BCUT2D eigenvalue weighted by molar-refractivity contribution is -0.146. The van der Waals surface area contributed by atoms with E-state index in [1.165, 1.54) is 4.90 Å². The summed E-state index contributed by atoms with van der Waals surface area (Å²) in [6.07, 6.45) is 4.55. The summed E-state index contributed by atoms with van der Waals surface area (Å²) in [5.74, 6) is 0.889. The molecule has 0 aromatic rings. The monoisotopic (exact) mass is 457 g/mol. The zero-order chi connectivity index (χ0) is 24.2. The molecule has 6 nitrogen and oxygen atoms in total. The van der Waals surface area contributed by atoms with E-state index in [0.29, 0.717) is 24.3 Å². The Balaban J connectivity index is 4.82. The van der Waals surface area contributed by atoms with Crippen LogP contribution in [0.4, 0.5) is 0 Å². The van der Waals surface area contributed by atoms with Gasteiger partial charge < -0.3 is 15.1 Å². The van der Waals surface area contributed by atoms with Crippen LogP contribution in [-0.4, -0.2) is 78.2 Å². The van der Waals surface area contributed by atoms with Gasteiger partial charge in [0.2, 0.25) is 11.8 Å². The van der Waals surface area contributed by atoms with Crippen molar-refractivity contribution in [2.75, 3.05) is 40.0 Å². The first-order chi connectivity index (χ1) is 14.2. The normalized spacial score (nSPS) is 13.1. The summed E-state index contributed by atoms with van der Waals surface area (Å²) in [6, 6.07) is -0.746. The molecule has 0 fully saturated rings. The number of unbranched alkanes of at least 4 members (excludes halogenated alkanes) is 3. The fourth-order valence-electron chi connectivity index (χ4n) is 2.98. The van der Waals surface area contributed by atoms with Gasteiger partial charge in [0.25, 0.3) is 0 Å². The smallest absolute Gasteiger partial charge is 0.245 e. The zero-order valence-corrected chi connectivity index (χ0v) is 22.3. The highest BCUT2D eigenvalue weighted by atomic mass is 32.2. The van der Waals surface area contributed by atoms with Crippen LogP contribution in [0.1, 0.15) is 80.1 Å². The molecular weight excluding hydrogens is 410 g/mol. The fraction of sp³-hybridized carbons (Fsp3) is 0.875. The van der Waals surface area contributed by atoms with Crippen molar-refractivity contribution in [2.45, 2.75) is 90.9 Å². The van der Waals surface area contributed by atoms with Crippen molar-refractivity contribution in [1.82, 2.24) is 15.1 Å². The molecule has 0 spiro atoms. The lowest BCUT2D eigenvalue weighted by Gasteiger charge is -2.32. The van der Waals surface area contributed by atoms with Gasteiger partial charge in [-0.3, -0.25) is 14.4 Å². The summed E-state index contributed by atoms with van der Waals surface area (Å²) in [7, 11) is 5.21. The Labute approximate surface area is 195 Å². The molecular formula is C24H47N3O3S. The molecule has 31 heavy (non-hydrogen) atoms. The molecule has 0 saturated heterocycles. The van der Waals surface area contributed by atoms with E-state index in [9.17, 15) is 14.4 Å². The van der Waals surface area contributed by atoms with Gasteiger partial charge >= 0.3 is 0 Å². The summed E-state index contributed by atoms with van der Waals surface area (Å²) in [6.45, 7) is 13.4. The van der Waals surface area contributed by atoms with Gasteiger partial charge in [0.05, 0.1) is 0 Å². The number of carbonyl (C=O) groups excluding carboxylic acids is 3. The van der Waals surface area contributed by atoms with Gasteiger partial charge in [-0.25, -0.2) is 0 Å². The number of nitrogens with one attached hydrogen (secondary N) is 1. The third-order valence-electron chi connectivity index (χ3n) is 5.25. The molecule has 0 saturated carbocycles. The van der Waals surface area contributed by atoms with Crippen molar-refractivity contribution in [2.24, 2.45) is 5.41 Å². The van der Waals surface area contributed by atoms with E-state index in [4.69, 9.17) is 0 Å². The quantitative estimate of drug-likeness (QED) is 0.400. The average Bonchev–Trinajstić information content (AvgIpc) is 2.66. The predicted molar refractivity (Wildman–Crippen MR) is 132 cm³/mol. The van der Waals surface area contributed by atoms with Crippen LogP contribution in [0.15, 0.2) is 0 Å². The molecule has 0 heterocycles. The molecule has 0 aromatic carbocycles. The number of likely N-dealkylation sites (N-methyl/N-ethyl adjacent to an activating group) is 3. The summed E-state index contributed by atoms with van der Waals surface area (Å²) in [5.41, 5.74) is -0.545. The van der Waals surface area contributed by atoms with Crippen LogP contribution in [0.5, 0.6) is 0 Å². The second kappa shape index (κ2) is 14.1. The van der Waals surface area contributed by atoms with Crippen LogP contribution < -0.4 is 5.32 Å². The van der Waals surface area contributed by atoms with E-state index in [-0.39, 0.29) is 24.0 Å². The molecule has 0 aromatic heterocycles. The Bertz CT molecular complexity index is 567. The molecule has 1 atom stereocenters. The minimum absolute atomic E-state index is 0.0103. The van der Waals surface area contributed by atoms with Gasteiger partial charge in [0.1, 0.15) is 11.8 Å². The number of nitrogens with zero attached hydrogens (tertiary/aromatic N) is 2. The maximum atomic E-state index is 13.0. The average molecular weight is 458 g/mol. The minimum Gasteiger partial charge on any atom is -0.343 e. The van der Waals surface area contributed by atoms with Gasteiger partial charge in [-0.1, -0.05) is 54.4 Å². The van der Waals surface area contributed by atoms with Crippen LogP contribution in [0, 0.1) is 5.41 Å². The zero-order valence-electron chi connectivity index (χ0n) is 21.5. The molecule has 2 amide bonds. The summed E-state index contributed by atoms with van der Waals surface area (Å²) < 4.78 is 0.297. The van der Waals surface area contributed by atoms with Crippen LogP contribution in [0.2, 0.25) is 0 Å². The number of amides is 2. The van der Waals surface area contributed by atoms with E-state index in [0.717, 1.165) is 31.4 Å². The second-order valence-electron chi connectivity index (χ2n) is 10.4. The number of carbonyl (C=O) groups is 3. The third-order valence-corrected chi connectivity index (χ3v) is 6.61. The fourth-order valence-corrected chi connectivity index (χ4v) is 3.94. The molecule has 1 N–H and O–H groups in total. The topological polar surface area (TPSA) is 69.7 Å². The molecule has 0 aliphatic heterocycles. The first-order valence-corrected chi connectivity index (χ1v) is 12.5. The van der Waals surface area contributed by atoms with Gasteiger partial charge in [0.15, 0.2) is 0 Å². The number of Topliss-reactive ketones (excluding diaryl/α,β-unsaturated/α-hetero) is 1. The lowest BCUT2D eigenvalue weighted by Crippen LogP contribution is -2.51. The molecule has 0 radical (unpaired) electrons. The third kappa shape index (κ3) is 13.2. The van der Waals surface area contributed by atoms with E-state index in [1.54, 1.807) is 19.0 Å². The molecule has 0 bridgehead atoms. The van der Waals surface area contributed by atoms with Crippen LogP contribution >= 0.6 is 11.8 Å². The number of hydrogen-bond donors (Lipinski definition) is 1. The molecule has 7 heteroatoms. The largest absolute Gasteiger partial charge is 0.343 e. The number of thioether (sulfide) groups is 1. The van der Waals surface area contributed by atoms with E-state index in [2.05, 4.69) is 26.1 Å². The first-order valence-electron chi connectivity index (χ1n) is 11.5. The van der Waals surface area contributed by atoms with Gasteiger partial charge in [-0.15, -0.1) is 0 Å². The van der Waals surface area contributed by atoms with Crippen LogP contribution in [0.3, 0.4) is 0 Å². The molecule has 0 rings (SSSR count). The van der Waals surface area contributed by atoms with E-state index in [1.807, 2.05) is 39.6 Å². The summed E-state index contributed by atoms with van der Waals surface area (Å²) in [5, 5.41) is 3.02. The Morgan fingerprint density at radius 2 is 1.52 bits per heavy atom. The number of rotatable bonds is 14. The van der Waals surface area contributed by atoms with Crippen molar-refractivity contribution in [3.05, 3.63) is 0 Å². The lowest BCUT2D eigenvalue weighted by atomic mass is 9.86. The molecule has 182 valence electrons. The minimum atomic E-state index is -0.746. The Kier molecular flexibility index (Phi) is 13.7. The number of ketones is 1. The van der Waals surface area contributed by atoms with E-state index < -0.39 is 11.5 Å². The van der Waals surface area contributed by atoms with Crippen molar-refractivity contribution in [3.63, 3.8) is 0 Å². The second-order valence-corrected chi connectivity index (χ2v) is 12.3. The molecule has 0 aliphatic rings. The van der Waals surface area contributed by atoms with Crippen LogP contribution in [-0.2, 0) is 14.4 Å². The maximum absolute atomic E-state index is 13.0. The maximum Gasteiger partial charge on any atom is 0.245 e. The Morgan fingerprint density at radius 1 is 0.935 bits per heavy atom.